The zero-order chi connectivity index (χ0) is 13.0. The van der Waals surface area contributed by atoms with E-state index in [4.69, 9.17) is 30.1 Å². The van der Waals surface area contributed by atoms with E-state index in [0.29, 0.717) is 0 Å². The molecule has 0 radical (unpaired) electrons. The van der Waals surface area contributed by atoms with Gasteiger partial charge >= 0.3 is 11.4 Å². The maximum absolute atomic E-state index is 4.94. The van der Waals surface area contributed by atoms with E-state index in [1.54, 1.807) is 6.92 Å². The second kappa shape index (κ2) is 13.7. The van der Waals surface area contributed by atoms with E-state index in [1.807, 2.05) is 7.05 Å². The molecule has 0 spiro atoms. The molecule has 0 bridgehead atoms. The number of unbranched alkanes of at least 4 members (excludes halogenated alkanes) is 1. The quantitative estimate of drug-likeness (QED) is 0.458. The van der Waals surface area contributed by atoms with Gasteiger partial charge in [0.15, 0.2) is 0 Å². The predicted molar refractivity (Wildman–Crippen MR) is 74.9 cm³/mol. The lowest BCUT2D eigenvalue weighted by molar-refractivity contribution is -0.671. The van der Waals surface area contributed by atoms with Crippen molar-refractivity contribution in [2.45, 2.75) is 33.2 Å². The van der Waals surface area contributed by atoms with Crippen LogP contribution in [-0.4, -0.2) is 16.0 Å². The summed E-state index contributed by atoms with van der Waals surface area (Å²) in [6.07, 6.45) is 8.82. The predicted octanol–water partition coefficient (Wildman–Crippen LogP) is 3.64. The van der Waals surface area contributed by atoms with Crippen LogP contribution in [0.3, 0.4) is 0 Å². The Morgan fingerprint density at radius 3 is 2.12 bits per heavy atom. The molecule has 0 amide bonds. The Kier molecular flexibility index (Phi) is 16.2. The van der Waals surface area contributed by atoms with Crippen LogP contribution in [0, 0.1) is 6.92 Å². The summed E-state index contributed by atoms with van der Waals surface area (Å²) in [4.78, 5) is 0. The van der Waals surface area contributed by atoms with E-state index in [0.717, 1.165) is 6.54 Å². The Morgan fingerprint density at radius 1 is 1.31 bits per heavy atom. The minimum Gasteiger partial charge on any atom is -0.346 e. The van der Waals surface area contributed by atoms with Crippen molar-refractivity contribution in [2.24, 2.45) is 7.05 Å². The largest absolute Gasteiger partial charge is 0.643 e. The van der Waals surface area contributed by atoms with Crippen molar-refractivity contribution in [3.63, 3.8) is 0 Å². The highest BCUT2D eigenvalue weighted by Crippen LogP contribution is 1.97. The maximum atomic E-state index is 4.94. The highest BCUT2D eigenvalue weighted by molar-refractivity contribution is 7.54. The topological polar surface area (TPSA) is 8.81 Å². The second-order valence-electron chi connectivity index (χ2n) is 2.92. The zero-order valence-electron chi connectivity index (χ0n) is 10.2. The Balaban J connectivity index is 0. The number of rotatable bonds is 3. The minimum atomic E-state index is -1.72. The first-order chi connectivity index (χ1) is 7.56. The monoisotopic (exact) mass is 300 g/mol. The number of halogens is 3. The molecule has 0 unspecified atom stereocenters. The minimum absolute atomic E-state index is 1.15. The van der Waals surface area contributed by atoms with Crippen molar-refractivity contribution in [1.82, 2.24) is 4.57 Å². The summed E-state index contributed by atoms with van der Waals surface area (Å²) in [7, 11) is 16.9. The van der Waals surface area contributed by atoms with Crippen LogP contribution >= 0.6 is 30.1 Å². The molecule has 2 nitrogen and oxygen atoms in total. The molecule has 0 N–H and O–H groups in total. The second-order valence-corrected chi connectivity index (χ2v) is 9.35. The third-order valence-electron chi connectivity index (χ3n) is 1.59. The van der Waals surface area contributed by atoms with Gasteiger partial charge < -0.3 is 6.92 Å². The molecule has 1 rings (SSSR count). The number of aromatic nitrogens is 2. The van der Waals surface area contributed by atoms with Crippen LogP contribution in [0.15, 0.2) is 18.7 Å². The van der Waals surface area contributed by atoms with Gasteiger partial charge in [0.1, 0.15) is 12.4 Å². The number of nitrogens with zero attached hydrogens (tertiary/aromatic N) is 2. The molecule has 0 atom stereocenters. The van der Waals surface area contributed by atoms with E-state index in [-0.39, 0.29) is 0 Å². The molecule has 0 saturated carbocycles. The molecule has 6 heteroatoms. The zero-order valence-corrected chi connectivity index (χ0v) is 13.6. The van der Waals surface area contributed by atoms with Gasteiger partial charge in [-0.2, -0.15) is 6.92 Å². The van der Waals surface area contributed by atoms with Gasteiger partial charge in [0.2, 0.25) is 6.33 Å². The van der Waals surface area contributed by atoms with Crippen molar-refractivity contribution in [1.29, 1.82) is 0 Å². The highest BCUT2D eigenvalue weighted by Gasteiger charge is 2.00. The van der Waals surface area contributed by atoms with Crippen molar-refractivity contribution >= 4 is 41.5 Å². The highest BCUT2D eigenvalue weighted by atomic mass is 35.8. The van der Waals surface area contributed by atoms with Gasteiger partial charge in [0.25, 0.3) is 0 Å². The van der Waals surface area contributed by atoms with E-state index in [1.165, 1.54) is 12.8 Å². The molecule has 0 aromatic carbocycles. The van der Waals surface area contributed by atoms with E-state index >= 15 is 0 Å². The molecular weight excluding hydrogens is 281 g/mol. The Bertz CT molecular complexity index is 239. The first kappa shape index (κ1) is 19.0. The number of aryl methyl sites for hydroxylation is 2. The summed E-state index contributed by atoms with van der Waals surface area (Å²) >= 11 is -1.72. The Hall–Kier alpha value is 0.612. The number of imidazole rings is 1. The molecular formula is C10H20AlCl3N2. The molecule has 0 aliphatic rings. The van der Waals surface area contributed by atoms with Crippen molar-refractivity contribution < 1.29 is 4.57 Å². The van der Waals surface area contributed by atoms with Crippen molar-refractivity contribution in [2.75, 3.05) is 0 Å². The fourth-order valence-electron chi connectivity index (χ4n) is 0.975. The summed E-state index contributed by atoms with van der Waals surface area (Å²) in [5, 5.41) is 0. The van der Waals surface area contributed by atoms with Gasteiger partial charge in [0, 0.05) is 0 Å². The standard InChI is InChI=1S/C8H15N2.C2H5.Al.3ClH/c1-3-4-5-10-7-6-9(2)8-10;1-2;;;;/h6-8H,3-5H2,1-2H3;1H2,2H3;;3*1H/q+1;-1;+3;;;/p-3. The van der Waals surface area contributed by atoms with Crippen LogP contribution in [-0.2, 0) is 13.6 Å². The molecule has 1 aromatic rings. The third-order valence-corrected chi connectivity index (χ3v) is 1.59. The molecule has 0 aliphatic heterocycles. The van der Waals surface area contributed by atoms with Crippen LogP contribution < -0.4 is 4.57 Å². The summed E-state index contributed by atoms with van der Waals surface area (Å²) in [5.74, 6) is 0. The summed E-state index contributed by atoms with van der Waals surface area (Å²) in [5.41, 5.74) is 0. The molecule has 0 fully saturated rings. The SMILES string of the molecule is CCCCn1cc[n+](C)c1.[CH2-]C.[Cl][Al]([Cl])[Cl]. The molecule has 16 heavy (non-hydrogen) atoms. The summed E-state index contributed by atoms with van der Waals surface area (Å²) in [6, 6.07) is 0. The van der Waals surface area contributed by atoms with E-state index in [2.05, 4.69) is 41.7 Å². The van der Waals surface area contributed by atoms with Gasteiger partial charge in [-0.25, -0.2) is 39.3 Å². The van der Waals surface area contributed by atoms with Crippen LogP contribution in [0.4, 0.5) is 0 Å². The van der Waals surface area contributed by atoms with E-state index in [9.17, 15) is 0 Å². The van der Waals surface area contributed by atoms with Crippen LogP contribution in [0.5, 0.6) is 0 Å². The fourth-order valence-corrected chi connectivity index (χ4v) is 0.975. The number of hydrogen-bond acceptors (Lipinski definition) is 0. The van der Waals surface area contributed by atoms with Gasteiger partial charge in [-0.05, 0) is 6.42 Å². The fraction of sp³-hybridized carbons (Fsp3) is 0.600. The van der Waals surface area contributed by atoms with Crippen LogP contribution in [0.25, 0.3) is 0 Å². The van der Waals surface area contributed by atoms with Gasteiger partial charge in [-0.15, -0.1) is 0 Å². The average Bonchev–Trinajstić information content (AvgIpc) is 2.63. The average molecular weight is 302 g/mol. The smallest absolute Gasteiger partial charge is 0.346 e. The van der Waals surface area contributed by atoms with Crippen LogP contribution in [0.1, 0.15) is 26.7 Å². The lowest BCUT2D eigenvalue weighted by Gasteiger charge is -1.90. The summed E-state index contributed by atoms with van der Waals surface area (Å²) < 4.78 is 4.28. The molecule has 0 saturated heterocycles. The summed E-state index contributed by atoms with van der Waals surface area (Å²) in [6.45, 7) is 8.36. The Labute approximate surface area is 116 Å². The normalized spacial score (nSPS) is 8.44. The first-order valence-electron chi connectivity index (χ1n) is 5.20. The van der Waals surface area contributed by atoms with Crippen LogP contribution in [0.2, 0.25) is 0 Å². The van der Waals surface area contributed by atoms with Crippen molar-refractivity contribution in [3.8, 4) is 0 Å². The molecule has 1 aromatic heterocycles. The maximum Gasteiger partial charge on any atom is 0.643 e. The van der Waals surface area contributed by atoms with Gasteiger partial charge in [-0.1, -0.05) is 13.3 Å². The molecule has 0 aliphatic carbocycles. The van der Waals surface area contributed by atoms with Crippen molar-refractivity contribution in [3.05, 3.63) is 25.6 Å². The lowest BCUT2D eigenvalue weighted by Crippen LogP contribution is -2.23. The Morgan fingerprint density at radius 2 is 1.81 bits per heavy atom. The number of hydrogen-bond donors (Lipinski definition) is 0. The van der Waals surface area contributed by atoms with Gasteiger partial charge in [-0.3, -0.25) is 0 Å². The third kappa shape index (κ3) is 14.6. The molecule has 1 heterocycles. The first-order valence-corrected chi connectivity index (χ1v) is 10.4. The van der Waals surface area contributed by atoms with Gasteiger partial charge in [0.05, 0.1) is 13.6 Å². The molecule has 94 valence electrons. The van der Waals surface area contributed by atoms with E-state index < -0.39 is 11.4 Å². The lowest BCUT2D eigenvalue weighted by atomic mass is 10.3.